The Labute approximate surface area is 101 Å². The van der Waals surface area contributed by atoms with Crippen molar-refractivity contribution < 1.29 is 0 Å². The molecule has 15 heavy (non-hydrogen) atoms. The number of pyridine rings is 1. The highest BCUT2D eigenvalue weighted by atomic mass is 35.5. The monoisotopic (exact) mass is 241 g/mol. The Morgan fingerprint density at radius 1 is 1.33 bits per heavy atom. The molecule has 0 atom stereocenters. The molecular weight excluding hydrogens is 226 g/mol. The van der Waals surface area contributed by atoms with Crippen LogP contribution in [0.15, 0.2) is 17.2 Å². The summed E-state index contributed by atoms with van der Waals surface area (Å²) in [6, 6.07) is 2.00. The summed E-state index contributed by atoms with van der Waals surface area (Å²) in [7, 11) is 0. The van der Waals surface area contributed by atoms with Gasteiger partial charge in [-0.1, -0.05) is 30.9 Å². The number of aryl methyl sites for hydroxylation is 1. The van der Waals surface area contributed by atoms with E-state index < -0.39 is 0 Å². The van der Waals surface area contributed by atoms with E-state index in [1.165, 1.54) is 42.6 Å². The third kappa shape index (κ3) is 3.12. The zero-order valence-corrected chi connectivity index (χ0v) is 10.6. The predicted molar refractivity (Wildman–Crippen MR) is 66.7 cm³/mol. The molecule has 2 rings (SSSR count). The van der Waals surface area contributed by atoms with Crippen molar-refractivity contribution in [1.29, 1.82) is 0 Å². The van der Waals surface area contributed by atoms with Crippen LogP contribution >= 0.6 is 23.4 Å². The second-order valence-corrected chi connectivity index (χ2v) is 5.88. The van der Waals surface area contributed by atoms with Crippen LogP contribution in [0.25, 0.3) is 0 Å². The van der Waals surface area contributed by atoms with Gasteiger partial charge in [0.25, 0.3) is 0 Å². The molecule has 82 valence electrons. The lowest BCUT2D eigenvalue weighted by atomic mass is 10.0. The molecule has 3 heteroatoms. The maximum Gasteiger partial charge on any atom is 0.130 e. The van der Waals surface area contributed by atoms with Gasteiger partial charge in [0, 0.05) is 16.3 Å². The summed E-state index contributed by atoms with van der Waals surface area (Å²) in [6.45, 7) is 2.11. The van der Waals surface area contributed by atoms with Crippen molar-refractivity contribution in [3.63, 3.8) is 0 Å². The van der Waals surface area contributed by atoms with Gasteiger partial charge in [-0.15, -0.1) is 11.8 Å². The van der Waals surface area contributed by atoms with E-state index >= 15 is 0 Å². The fraction of sp³-hybridized carbons (Fsp3) is 0.583. The van der Waals surface area contributed by atoms with Crippen molar-refractivity contribution in [2.45, 2.75) is 49.2 Å². The lowest BCUT2D eigenvalue weighted by molar-refractivity contribution is 0.516. The largest absolute Gasteiger partial charge is 0.244 e. The molecule has 0 aromatic carbocycles. The first-order valence-electron chi connectivity index (χ1n) is 5.54. The summed E-state index contributed by atoms with van der Waals surface area (Å²) >= 11 is 7.89. The zero-order valence-electron chi connectivity index (χ0n) is 9.00. The van der Waals surface area contributed by atoms with Gasteiger partial charge in [-0.3, -0.25) is 0 Å². The van der Waals surface area contributed by atoms with Crippen molar-refractivity contribution in [3.05, 3.63) is 23.0 Å². The third-order valence-electron chi connectivity index (χ3n) is 2.87. The fourth-order valence-corrected chi connectivity index (χ4v) is 3.54. The van der Waals surface area contributed by atoms with E-state index in [1.54, 1.807) is 0 Å². The van der Waals surface area contributed by atoms with Crippen LogP contribution in [0.4, 0.5) is 0 Å². The minimum atomic E-state index is 0.610. The average Bonchev–Trinajstić information content (AvgIpc) is 2.25. The van der Waals surface area contributed by atoms with Crippen LogP contribution in [-0.2, 0) is 0 Å². The standard InChI is InChI=1S/C12H16ClNS/c1-9-8-14-12(13)7-11(9)15-10-5-3-2-4-6-10/h7-8,10H,2-6H2,1H3. The Hall–Kier alpha value is -0.210. The van der Waals surface area contributed by atoms with Crippen LogP contribution in [0, 0.1) is 6.92 Å². The van der Waals surface area contributed by atoms with Crippen LogP contribution in [0.3, 0.4) is 0 Å². The van der Waals surface area contributed by atoms with Gasteiger partial charge < -0.3 is 0 Å². The molecule has 0 radical (unpaired) electrons. The molecule has 0 N–H and O–H groups in total. The van der Waals surface area contributed by atoms with Crippen molar-refractivity contribution >= 4 is 23.4 Å². The van der Waals surface area contributed by atoms with Crippen LogP contribution in [0.5, 0.6) is 0 Å². The van der Waals surface area contributed by atoms with Crippen molar-refractivity contribution in [2.75, 3.05) is 0 Å². The molecule has 1 aromatic heterocycles. The Morgan fingerprint density at radius 3 is 2.80 bits per heavy atom. The molecule has 1 aromatic rings. The number of thioether (sulfide) groups is 1. The lowest BCUT2D eigenvalue weighted by Gasteiger charge is -2.21. The highest BCUT2D eigenvalue weighted by molar-refractivity contribution is 8.00. The highest BCUT2D eigenvalue weighted by Gasteiger charge is 2.15. The van der Waals surface area contributed by atoms with E-state index in [9.17, 15) is 0 Å². The SMILES string of the molecule is Cc1cnc(Cl)cc1SC1CCCCC1. The molecule has 0 spiro atoms. The maximum atomic E-state index is 5.91. The molecule has 1 aliphatic rings. The van der Waals surface area contributed by atoms with E-state index in [0.29, 0.717) is 5.15 Å². The average molecular weight is 242 g/mol. The molecule has 0 unspecified atom stereocenters. The molecule has 0 bridgehead atoms. The Balaban J connectivity index is 2.05. The van der Waals surface area contributed by atoms with E-state index in [0.717, 1.165) is 5.25 Å². The second kappa shape index (κ2) is 5.22. The number of hydrogen-bond donors (Lipinski definition) is 0. The minimum absolute atomic E-state index is 0.610. The van der Waals surface area contributed by atoms with Crippen LogP contribution in [0.1, 0.15) is 37.7 Å². The van der Waals surface area contributed by atoms with Gasteiger partial charge in [-0.2, -0.15) is 0 Å². The van der Waals surface area contributed by atoms with Gasteiger partial charge in [-0.25, -0.2) is 4.98 Å². The predicted octanol–water partition coefficient (Wildman–Crippen LogP) is 4.47. The van der Waals surface area contributed by atoms with Crippen LogP contribution < -0.4 is 0 Å². The summed E-state index contributed by atoms with van der Waals surface area (Å²) < 4.78 is 0. The smallest absolute Gasteiger partial charge is 0.130 e. The summed E-state index contributed by atoms with van der Waals surface area (Å²) in [4.78, 5) is 5.39. The molecule has 1 nitrogen and oxygen atoms in total. The third-order valence-corrected chi connectivity index (χ3v) is 4.57. The molecular formula is C12H16ClNS. The summed E-state index contributed by atoms with van der Waals surface area (Å²) in [5.74, 6) is 0. The summed E-state index contributed by atoms with van der Waals surface area (Å²) in [6.07, 6.45) is 8.75. The first-order valence-corrected chi connectivity index (χ1v) is 6.80. The van der Waals surface area contributed by atoms with E-state index in [-0.39, 0.29) is 0 Å². The van der Waals surface area contributed by atoms with Gasteiger partial charge in [0.05, 0.1) is 0 Å². The first kappa shape index (κ1) is 11.3. The Bertz CT molecular complexity index is 334. The fourth-order valence-electron chi connectivity index (χ4n) is 1.97. The molecule has 0 amide bonds. The topological polar surface area (TPSA) is 12.9 Å². The van der Waals surface area contributed by atoms with Crippen molar-refractivity contribution in [3.8, 4) is 0 Å². The number of aromatic nitrogens is 1. The molecule has 0 aliphatic heterocycles. The number of hydrogen-bond acceptors (Lipinski definition) is 2. The molecule has 0 saturated heterocycles. The second-order valence-electron chi connectivity index (χ2n) is 4.15. The van der Waals surface area contributed by atoms with Gasteiger partial charge in [0.15, 0.2) is 0 Å². The Kier molecular flexibility index (Phi) is 3.92. The van der Waals surface area contributed by atoms with E-state index in [1.807, 2.05) is 24.0 Å². The molecule has 1 heterocycles. The molecule has 1 saturated carbocycles. The van der Waals surface area contributed by atoms with Gasteiger partial charge >= 0.3 is 0 Å². The number of halogens is 1. The minimum Gasteiger partial charge on any atom is -0.244 e. The normalized spacial score (nSPS) is 18.0. The lowest BCUT2D eigenvalue weighted by Crippen LogP contribution is -2.08. The number of nitrogens with zero attached hydrogens (tertiary/aromatic N) is 1. The van der Waals surface area contributed by atoms with Crippen molar-refractivity contribution in [1.82, 2.24) is 4.98 Å². The van der Waals surface area contributed by atoms with E-state index in [4.69, 9.17) is 11.6 Å². The maximum absolute atomic E-state index is 5.91. The van der Waals surface area contributed by atoms with Crippen LogP contribution in [-0.4, -0.2) is 10.2 Å². The summed E-state index contributed by atoms with van der Waals surface area (Å²) in [5, 5.41) is 1.40. The first-order chi connectivity index (χ1) is 7.25. The highest BCUT2D eigenvalue weighted by Crippen LogP contribution is 2.35. The van der Waals surface area contributed by atoms with Gasteiger partial charge in [0.1, 0.15) is 5.15 Å². The van der Waals surface area contributed by atoms with Gasteiger partial charge in [-0.05, 0) is 31.4 Å². The molecule has 1 fully saturated rings. The number of rotatable bonds is 2. The van der Waals surface area contributed by atoms with Crippen LogP contribution in [0.2, 0.25) is 5.15 Å². The summed E-state index contributed by atoms with van der Waals surface area (Å²) in [5.41, 5.74) is 1.25. The van der Waals surface area contributed by atoms with Gasteiger partial charge in [0.2, 0.25) is 0 Å². The molecule has 1 aliphatic carbocycles. The van der Waals surface area contributed by atoms with Crippen molar-refractivity contribution in [2.24, 2.45) is 0 Å². The zero-order chi connectivity index (χ0) is 10.7. The van der Waals surface area contributed by atoms with E-state index in [2.05, 4.69) is 11.9 Å². The quantitative estimate of drug-likeness (QED) is 0.709. The Morgan fingerprint density at radius 2 is 2.07 bits per heavy atom.